The molecule has 0 saturated heterocycles. The summed E-state index contributed by atoms with van der Waals surface area (Å²) in [5, 5.41) is 21.7. The summed E-state index contributed by atoms with van der Waals surface area (Å²) in [6.07, 6.45) is 9.69. The number of Topliss-reactive ketones (excluding diaryl/α,β-unsaturated/α-hetero) is 3. The van der Waals surface area contributed by atoms with E-state index in [-0.39, 0.29) is 59.1 Å². The van der Waals surface area contributed by atoms with Gasteiger partial charge in [0.1, 0.15) is 0 Å². The van der Waals surface area contributed by atoms with E-state index < -0.39 is 0 Å². The van der Waals surface area contributed by atoms with Crippen LogP contribution in [0, 0.1) is 0 Å². The number of carbonyl (C=O) groups excluding carboxylic acids is 3. The normalized spacial score (nSPS) is 17.5. The van der Waals surface area contributed by atoms with E-state index in [9.17, 15) is 14.4 Å². The Balaban J connectivity index is 0.964. The van der Waals surface area contributed by atoms with E-state index >= 15 is 0 Å². The molecular formula is C70H91N9O3. The molecule has 0 fully saturated rings. The third-order valence-electron chi connectivity index (χ3n) is 17.1. The topological polar surface area (TPSA) is 133 Å². The molecule has 3 unspecified atom stereocenters. The smallest absolute Gasteiger partial charge is 0.155 e. The summed E-state index contributed by atoms with van der Waals surface area (Å²) in [6.45, 7) is 5.27. The van der Waals surface area contributed by atoms with Gasteiger partial charge in [0.2, 0.25) is 0 Å². The molecular weight excluding hydrogens is 1010 g/mol. The molecule has 82 heavy (non-hydrogen) atoms. The van der Waals surface area contributed by atoms with Crippen LogP contribution in [0.25, 0.3) is 0 Å². The Morgan fingerprint density at radius 2 is 0.659 bits per heavy atom. The molecule has 0 amide bonds. The first kappa shape index (κ1) is 59.6. The van der Waals surface area contributed by atoms with Gasteiger partial charge in [-0.25, -0.2) is 0 Å². The second-order valence-corrected chi connectivity index (χ2v) is 24.3. The number of nitrogens with zero attached hydrogens (tertiary/aromatic N) is 3. The third-order valence-corrected chi connectivity index (χ3v) is 17.1. The molecule has 0 aliphatic carbocycles. The average molecular weight is 1110 g/mol. The molecule has 3 heterocycles. The molecule has 0 spiro atoms. The number of para-hydroxylation sites is 3. The number of nitrogens with one attached hydrogen (secondary N) is 6. The Morgan fingerprint density at radius 3 is 0.927 bits per heavy atom. The molecule has 3 aliphatic heterocycles. The number of carbonyl (C=O) groups is 3. The van der Waals surface area contributed by atoms with Crippen molar-refractivity contribution in [3.8, 4) is 0 Å². The Bertz CT molecular complexity index is 2670. The van der Waals surface area contributed by atoms with E-state index in [0.717, 1.165) is 148 Å². The molecule has 12 heteroatoms. The summed E-state index contributed by atoms with van der Waals surface area (Å²) in [6, 6.07) is 50.2. The van der Waals surface area contributed by atoms with Crippen LogP contribution in [0.15, 0.2) is 146 Å². The maximum atomic E-state index is 14.3. The third kappa shape index (κ3) is 16.4. The largest absolute Gasteiger partial charge is 0.384 e. The van der Waals surface area contributed by atoms with Gasteiger partial charge < -0.3 is 46.6 Å². The van der Waals surface area contributed by atoms with Crippen LogP contribution in [0.1, 0.15) is 134 Å². The van der Waals surface area contributed by atoms with Crippen molar-refractivity contribution in [3.63, 3.8) is 0 Å². The van der Waals surface area contributed by atoms with Crippen molar-refractivity contribution in [3.05, 3.63) is 179 Å². The van der Waals surface area contributed by atoms with Crippen LogP contribution in [0.2, 0.25) is 0 Å². The standard InChI is InChI=1S/C70H91N9O3/c1-77(2)40-16-13-25-64(67(80)43-52-46-71-61-22-10-7-19-58(52)61)74-55-34-28-49(29-35-55)70(50-30-36-56(37-31-50)75-65(26-14-17-41-78(3)4)68(81)44-53-47-72-62-23-11-8-20-59(53)62)51-32-38-57(39-33-51)76-66(27-15-18-42-79(5)6)69(82)45-54-48-73-63-24-12-9-21-60(54)63/h7-12,19-24,28-39,52-54,64-66,70-76H,13-18,25-27,40-48H2,1-6H3/t52?,53?,54?,64-,65-,66-,70?/m0/s1. The molecule has 6 aromatic carbocycles. The molecule has 0 bridgehead atoms. The number of unbranched alkanes of at least 4 members (excludes halogenated alkanes) is 3. The van der Waals surface area contributed by atoms with Crippen molar-refractivity contribution in [2.45, 2.75) is 119 Å². The van der Waals surface area contributed by atoms with Gasteiger partial charge in [-0.1, -0.05) is 91.0 Å². The Hall–Kier alpha value is -6.99. The highest BCUT2D eigenvalue weighted by Crippen LogP contribution is 2.39. The Morgan fingerprint density at radius 1 is 0.390 bits per heavy atom. The lowest BCUT2D eigenvalue weighted by molar-refractivity contribution is -0.121. The van der Waals surface area contributed by atoms with Gasteiger partial charge in [0.05, 0.1) is 18.1 Å². The second kappa shape index (κ2) is 29.3. The van der Waals surface area contributed by atoms with Crippen LogP contribution in [0.5, 0.6) is 0 Å². The zero-order valence-electron chi connectivity index (χ0n) is 49.7. The first-order chi connectivity index (χ1) is 39.8. The van der Waals surface area contributed by atoms with Crippen molar-refractivity contribution < 1.29 is 14.4 Å². The van der Waals surface area contributed by atoms with Gasteiger partial charge in [-0.05, 0) is 208 Å². The van der Waals surface area contributed by atoms with Gasteiger partial charge in [-0.3, -0.25) is 14.4 Å². The maximum Gasteiger partial charge on any atom is 0.155 e. The fourth-order valence-corrected chi connectivity index (χ4v) is 12.5. The lowest BCUT2D eigenvalue weighted by Gasteiger charge is -2.24. The molecule has 0 saturated carbocycles. The van der Waals surface area contributed by atoms with Gasteiger partial charge in [-0.15, -0.1) is 0 Å². The molecule has 9 rings (SSSR count). The highest BCUT2D eigenvalue weighted by atomic mass is 16.1. The average Bonchev–Trinajstić information content (AvgIpc) is 4.31. The zero-order chi connectivity index (χ0) is 57.4. The van der Waals surface area contributed by atoms with Gasteiger partial charge in [0.25, 0.3) is 0 Å². The van der Waals surface area contributed by atoms with E-state index in [4.69, 9.17) is 0 Å². The number of hydrogen-bond acceptors (Lipinski definition) is 12. The molecule has 6 aromatic rings. The molecule has 6 N–H and O–H groups in total. The van der Waals surface area contributed by atoms with E-state index in [1.54, 1.807) is 0 Å². The molecule has 0 radical (unpaired) electrons. The summed E-state index contributed by atoms with van der Waals surface area (Å²) in [5.74, 6) is 1.06. The molecule has 12 nitrogen and oxygen atoms in total. The Kier molecular flexibility index (Phi) is 21.3. The lowest BCUT2D eigenvalue weighted by Crippen LogP contribution is -2.31. The van der Waals surface area contributed by atoms with Crippen LogP contribution in [-0.2, 0) is 14.4 Å². The summed E-state index contributed by atoms with van der Waals surface area (Å²) in [4.78, 5) is 49.6. The van der Waals surface area contributed by atoms with Gasteiger partial charge in [-0.2, -0.15) is 0 Å². The number of hydrogen-bond donors (Lipinski definition) is 6. The predicted octanol–water partition coefficient (Wildman–Crippen LogP) is 12.9. The number of rotatable bonds is 33. The van der Waals surface area contributed by atoms with Crippen molar-refractivity contribution >= 4 is 51.5 Å². The monoisotopic (exact) mass is 1110 g/mol. The summed E-state index contributed by atoms with van der Waals surface area (Å²) in [7, 11) is 12.6. The summed E-state index contributed by atoms with van der Waals surface area (Å²) in [5.41, 5.74) is 13.2. The van der Waals surface area contributed by atoms with Crippen molar-refractivity contribution in [1.29, 1.82) is 0 Å². The van der Waals surface area contributed by atoms with Gasteiger partial charge in [0, 0.05) is 96.7 Å². The van der Waals surface area contributed by atoms with Crippen LogP contribution >= 0.6 is 0 Å². The number of fused-ring (bicyclic) bond motifs is 3. The number of ketones is 3. The minimum absolute atomic E-state index is 0.132. The minimum atomic E-state index is -0.305. The molecule has 434 valence electrons. The molecule has 0 aromatic heterocycles. The predicted molar refractivity (Wildman–Crippen MR) is 342 cm³/mol. The Labute approximate surface area is 489 Å². The zero-order valence-corrected chi connectivity index (χ0v) is 49.7. The van der Waals surface area contributed by atoms with Crippen LogP contribution < -0.4 is 31.9 Å². The van der Waals surface area contributed by atoms with Crippen LogP contribution in [0.3, 0.4) is 0 Å². The fourth-order valence-electron chi connectivity index (χ4n) is 12.5. The number of anilines is 6. The van der Waals surface area contributed by atoms with Crippen LogP contribution in [0.4, 0.5) is 34.1 Å². The second-order valence-electron chi connectivity index (χ2n) is 24.3. The summed E-state index contributed by atoms with van der Waals surface area (Å²) >= 11 is 0. The van der Waals surface area contributed by atoms with Gasteiger partial charge >= 0.3 is 0 Å². The number of benzene rings is 6. The SMILES string of the molecule is CN(C)CCCC[C@H](Nc1ccc(C(c2ccc(N[C@@H](CCCCN(C)C)C(=O)CC3CNc4ccccc43)cc2)c2ccc(N[C@@H](CCCCN(C)C)C(=O)CC3CNc4ccccc43)cc2)cc1)C(=O)CC1CNc2ccccc21. The van der Waals surface area contributed by atoms with E-state index in [1.165, 1.54) is 16.7 Å². The van der Waals surface area contributed by atoms with E-state index in [2.05, 4.69) is 216 Å². The van der Waals surface area contributed by atoms with Crippen molar-refractivity contribution in [2.75, 3.05) is 113 Å². The van der Waals surface area contributed by atoms with E-state index in [0.29, 0.717) is 19.3 Å². The minimum Gasteiger partial charge on any atom is -0.384 e. The van der Waals surface area contributed by atoms with E-state index in [1.807, 2.05) is 18.2 Å². The highest BCUT2D eigenvalue weighted by molar-refractivity contribution is 5.89. The maximum absolute atomic E-state index is 14.3. The van der Waals surface area contributed by atoms with Gasteiger partial charge in [0.15, 0.2) is 17.3 Å². The first-order valence-corrected chi connectivity index (χ1v) is 30.5. The molecule has 3 aliphatic rings. The fraction of sp³-hybridized carbons (Fsp3) is 0.443. The van der Waals surface area contributed by atoms with Crippen molar-refractivity contribution in [1.82, 2.24) is 14.7 Å². The van der Waals surface area contributed by atoms with Crippen LogP contribution in [-0.4, -0.2) is 132 Å². The van der Waals surface area contributed by atoms with Crippen molar-refractivity contribution in [2.24, 2.45) is 0 Å². The summed E-state index contributed by atoms with van der Waals surface area (Å²) < 4.78 is 0. The highest BCUT2D eigenvalue weighted by Gasteiger charge is 2.31. The molecule has 6 atom stereocenters. The lowest BCUT2D eigenvalue weighted by atomic mass is 9.84. The quantitative estimate of drug-likeness (QED) is 0.0173. The first-order valence-electron chi connectivity index (χ1n) is 30.5.